The number of nitrogens with one attached hydrogen (secondary N) is 2. The third kappa shape index (κ3) is 4.84. The molecule has 2 aromatic heterocycles. The molecular weight excluding hydrogens is 446 g/mol. The Labute approximate surface area is 204 Å². The largest absolute Gasteiger partial charge is 0.394 e. The third-order valence-electron chi connectivity index (χ3n) is 6.84. The van der Waals surface area contributed by atoms with E-state index in [-0.39, 0.29) is 18.6 Å². The van der Waals surface area contributed by atoms with Crippen LogP contribution in [0.5, 0.6) is 0 Å². The first kappa shape index (κ1) is 24.7. The molecule has 7 nitrogen and oxygen atoms in total. The summed E-state index contributed by atoms with van der Waals surface area (Å²) >= 11 is 0. The van der Waals surface area contributed by atoms with Crippen LogP contribution >= 0.6 is 0 Å². The molecule has 5 rings (SSSR count). The number of benzene rings is 1. The molecule has 2 aliphatic heterocycles. The van der Waals surface area contributed by atoms with E-state index in [2.05, 4.69) is 59.5 Å². The van der Waals surface area contributed by atoms with Crippen molar-refractivity contribution in [3.05, 3.63) is 41.7 Å². The molecule has 1 saturated heterocycles. The van der Waals surface area contributed by atoms with Crippen LogP contribution in [0.3, 0.4) is 0 Å². The SMILES string of the molecule is CC.CC(C)C(CO)Nc1nc(N2CCC(c3c[nH]c4ccccc34)CC2)nc2c1S(=O)CC2. The highest BCUT2D eigenvalue weighted by Gasteiger charge is 2.30. The van der Waals surface area contributed by atoms with Crippen molar-refractivity contribution in [2.75, 3.05) is 35.7 Å². The van der Waals surface area contributed by atoms with Gasteiger partial charge in [-0.1, -0.05) is 45.9 Å². The number of hydrogen-bond acceptors (Lipinski definition) is 6. The fourth-order valence-electron chi connectivity index (χ4n) is 4.84. The van der Waals surface area contributed by atoms with Gasteiger partial charge in [-0.3, -0.25) is 4.21 Å². The standard InChI is InChI=1S/C24H31N5O2S.C2H6/c1-15(2)21(14-30)26-23-22-20(9-12-32(22)31)27-24(28-23)29-10-7-16(8-11-29)18-13-25-19-6-4-3-5-17(18)19;1-2/h3-6,13,15-16,21,25,30H,7-12,14H2,1-2H3,(H,26,27,28);1-2H3. The Morgan fingerprint density at radius 1 is 1.21 bits per heavy atom. The van der Waals surface area contributed by atoms with E-state index >= 15 is 0 Å². The molecule has 2 unspecified atom stereocenters. The second kappa shape index (κ2) is 10.9. The van der Waals surface area contributed by atoms with Crippen LogP contribution in [-0.2, 0) is 17.2 Å². The number of hydrogen-bond donors (Lipinski definition) is 3. The van der Waals surface area contributed by atoms with Crippen LogP contribution in [0.1, 0.15) is 57.7 Å². The molecule has 1 fully saturated rings. The predicted molar refractivity (Wildman–Crippen MR) is 140 cm³/mol. The summed E-state index contributed by atoms with van der Waals surface area (Å²) in [5.41, 5.74) is 3.48. The number of aliphatic hydroxyl groups excluding tert-OH is 1. The Hall–Kier alpha value is -2.45. The Balaban J connectivity index is 0.00000133. The zero-order chi connectivity index (χ0) is 24.2. The smallest absolute Gasteiger partial charge is 0.227 e. The fourth-order valence-corrected chi connectivity index (χ4v) is 6.16. The van der Waals surface area contributed by atoms with Gasteiger partial charge in [0, 0.05) is 42.4 Å². The molecule has 0 spiro atoms. The minimum absolute atomic E-state index is 0.00836. The lowest BCUT2D eigenvalue weighted by molar-refractivity contribution is 0.249. The van der Waals surface area contributed by atoms with Crippen LogP contribution in [0.4, 0.5) is 11.8 Å². The van der Waals surface area contributed by atoms with Crippen LogP contribution < -0.4 is 10.2 Å². The molecule has 2 aliphatic rings. The molecule has 4 heterocycles. The summed E-state index contributed by atoms with van der Waals surface area (Å²) in [6.07, 6.45) is 4.96. The third-order valence-corrected chi connectivity index (χ3v) is 8.30. The predicted octanol–water partition coefficient (Wildman–Crippen LogP) is 4.46. The van der Waals surface area contributed by atoms with Crippen LogP contribution in [0, 0.1) is 5.92 Å². The molecule has 1 aromatic carbocycles. The van der Waals surface area contributed by atoms with E-state index < -0.39 is 10.8 Å². The zero-order valence-corrected chi connectivity index (χ0v) is 21.5. The Bertz CT molecular complexity index is 1140. The summed E-state index contributed by atoms with van der Waals surface area (Å²) in [4.78, 5) is 16.0. The molecule has 0 bridgehead atoms. The molecule has 184 valence electrons. The quantitative estimate of drug-likeness (QED) is 0.479. The maximum atomic E-state index is 12.6. The normalized spacial score (nSPS) is 19.1. The molecule has 8 heteroatoms. The number of aliphatic hydroxyl groups is 1. The average molecular weight is 484 g/mol. The first-order chi connectivity index (χ1) is 16.5. The molecule has 3 aromatic rings. The molecule has 0 amide bonds. The van der Waals surface area contributed by atoms with Gasteiger partial charge in [-0.2, -0.15) is 4.98 Å². The van der Waals surface area contributed by atoms with Gasteiger partial charge in [0.05, 0.1) is 29.1 Å². The van der Waals surface area contributed by atoms with Gasteiger partial charge in [-0.15, -0.1) is 0 Å². The number of rotatable bonds is 6. The minimum Gasteiger partial charge on any atom is -0.394 e. The zero-order valence-electron chi connectivity index (χ0n) is 20.7. The maximum Gasteiger partial charge on any atom is 0.227 e. The number of aryl methyl sites for hydroxylation is 1. The Kier molecular flexibility index (Phi) is 7.88. The van der Waals surface area contributed by atoms with E-state index in [1.54, 1.807) is 0 Å². The van der Waals surface area contributed by atoms with E-state index in [1.165, 1.54) is 16.5 Å². The number of anilines is 2. The first-order valence-electron chi connectivity index (χ1n) is 12.5. The van der Waals surface area contributed by atoms with E-state index in [1.807, 2.05) is 13.8 Å². The number of fused-ring (bicyclic) bond motifs is 2. The highest BCUT2D eigenvalue weighted by Crippen LogP contribution is 2.36. The number of aromatic nitrogens is 3. The van der Waals surface area contributed by atoms with Crippen molar-refractivity contribution >= 4 is 33.5 Å². The fraction of sp³-hybridized carbons (Fsp3) is 0.538. The number of nitrogens with zero attached hydrogens (tertiary/aromatic N) is 3. The Morgan fingerprint density at radius 3 is 2.65 bits per heavy atom. The van der Waals surface area contributed by atoms with Crippen LogP contribution in [-0.4, -0.2) is 55.8 Å². The molecule has 2 atom stereocenters. The van der Waals surface area contributed by atoms with Crippen molar-refractivity contribution in [3.8, 4) is 0 Å². The van der Waals surface area contributed by atoms with Gasteiger partial charge in [-0.25, -0.2) is 4.98 Å². The molecule has 34 heavy (non-hydrogen) atoms. The second-order valence-electron chi connectivity index (χ2n) is 9.18. The summed E-state index contributed by atoms with van der Waals surface area (Å²) in [5, 5.41) is 14.5. The molecular formula is C26H37N5O2S. The first-order valence-corrected chi connectivity index (χ1v) is 13.8. The van der Waals surface area contributed by atoms with Gasteiger partial charge in [0.2, 0.25) is 5.95 Å². The van der Waals surface area contributed by atoms with Gasteiger partial charge >= 0.3 is 0 Å². The minimum atomic E-state index is -1.08. The Morgan fingerprint density at radius 2 is 1.94 bits per heavy atom. The number of H-pyrrole nitrogens is 1. The maximum absolute atomic E-state index is 12.6. The second-order valence-corrected chi connectivity index (χ2v) is 10.7. The van der Waals surface area contributed by atoms with Gasteiger partial charge in [0.1, 0.15) is 10.7 Å². The number of para-hydroxylation sites is 1. The lowest BCUT2D eigenvalue weighted by Gasteiger charge is -2.32. The van der Waals surface area contributed by atoms with Crippen LogP contribution in [0.15, 0.2) is 35.4 Å². The lowest BCUT2D eigenvalue weighted by Crippen LogP contribution is -2.35. The van der Waals surface area contributed by atoms with E-state index in [4.69, 9.17) is 9.97 Å². The van der Waals surface area contributed by atoms with Crippen molar-refractivity contribution in [2.45, 2.75) is 63.8 Å². The molecule has 0 aliphatic carbocycles. The number of piperidine rings is 1. The van der Waals surface area contributed by atoms with Crippen LogP contribution in [0.2, 0.25) is 0 Å². The van der Waals surface area contributed by atoms with Crippen molar-refractivity contribution in [1.29, 1.82) is 0 Å². The van der Waals surface area contributed by atoms with Crippen molar-refractivity contribution in [1.82, 2.24) is 15.0 Å². The molecule has 0 radical (unpaired) electrons. The topological polar surface area (TPSA) is 94.1 Å². The summed E-state index contributed by atoms with van der Waals surface area (Å²) in [5.74, 6) is 2.68. The average Bonchev–Trinajstić information content (AvgIpc) is 3.47. The summed E-state index contributed by atoms with van der Waals surface area (Å²) in [7, 11) is -1.08. The van der Waals surface area contributed by atoms with E-state index in [0.29, 0.717) is 29.9 Å². The number of aromatic amines is 1. The summed E-state index contributed by atoms with van der Waals surface area (Å²) in [6.45, 7) is 9.90. The highest BCUT2D eigenvalue weighted by atomic mass is 32.2. The van der Waals surface area contributed by atoms with Crippen molar-refractivity contribution in [3.63, 3.8) is 0 Å². The van der Waals surface area contributed by atoms with Crippen molar-refractivity contribution in [2.24, 2.45) is 5.92 Å². The molecule has 3 N–H and O–H groups in total. The van der Waals surface area contributed by atoms with E-state index in [9.17, 15) is 9.32 Å². The van der Waals surface area contributed by atoms with Gasteiger partial charge in [-0.05, 0) is 36.3 Å². The summed E-state index contributed by atoms with van der Waals surface area (Å²) < 4.78 is 12.6. The molecule has 0 saturated carbocycles. The summed E-state index contributed by atoms with van der Waals surface area (Å²) in [6, 6.07) is 8.36. The monoisotopic (exact) mass is 483 g/mol. The van der Waals surface area contributed by atoms with E-state index in [0.717, 1.165) is 36.5 Å². The van der Waals surface area contributed by atoms with Gasteiger partial charge in [0.15, 0.2) is 0 Å². The highest BCUT2D eigenvalue weighted by molar-refractivity contribution is 7.85. The van der Waals surface area contributed by atoms with Gasteiger partial charge < -0.3 is 20.3 Å². The van der Waals surface area contributed by atoms with Gasteiger partial charge in [0.25, 0.3) is 0 Å². The van der Waals surface area contributed by atoms with Crippen LogP contribution in [0.25, 0.3) is 10.9 Å². The lowest BCUT2D eigenvalue weighted by atomic mass is 9.89. The van der Waals surface area contributed by atoms with Crippen molar-refractivity contribution < 1.29 is 9.32 Å².